The molecule has 220 valence electrons. The molecule has 3 fully saturated rings. The minimum Gasteiger partial charge on any atom is -0.450 e. The molecule has 0 bridgehead atoms. The number of para-hydroxylation sites is 2. The second kappa shape index (κ2) is 10.7. The van der Waals surface area contributed by atoms with E-state index in [4.69, 9.17) is 9.15 Å². The van der Waals surface area contributed by atoms with Crippen molar-refractivity contribution in [2.24, 2.45) is 34.5 Å². The zero-order valence-electron chi connectivity index (χ0n) is 24.9. The Labute approximate surface area is 247 Å². The van der Waals surface area contributed by atoms with Crippen LogP contribution in [-0.4, -0.2) is 33.9 Å². The number of hydrogen-bond acceptors (Lipinski definition) is 7. The van der Waals surface area contributed by atoms with Crippen molar-refractivity contribution in [3.8, 4) is 0 Å². The van der Waals surface area contributed by atoms with Crippen molar-refractivity contribution < 1.29 is 23.5 Å². The number of Topliss-reactive ketones (excluding diaryl/α,β-unsaturated/α-hetero) is 1. The van der Waals surface area contributed by atoms with E-state index in [-0.39, 0.29) is 40.5 Å². The van der Waals surface area contributed by atoms with Gasteiger partial charge in [0.15, 0.2) is 22.8 Å². The molecule has 6 nitrogen and oxygen atoms in total. The van der Waals surface area contributed by atoms with Crippen LogP contribution >= 0.6 is 11.8 Å². The number of benzene rings is 1. The summed E-state index contributed by atoms with van der Waals surface area (Å²) in [6.45, 7) is 8.72. The molecule has 0 amide bonds. The molecule has 2 aromatic rings. The van der Waals surface area contributed by atoms with Gasteiger partial charge in [0.2, 0.25) is 0 Å². The number of oxazole rings is 1. The van der Waals surface area contributed by atoms with Crippen LogP contribution in [0.4, 0.5) is 0 Å². The van der Waals surface area contributed by atoms with Crippen molar-refractivity contribution >= 4 is 40.4 Å². The second-order valence-corrected chi connectivity index (χ2v) is 14.6. The van der Waals surface area contributed by atoms with Crippen LogP contribution in [0.3, 0.4) is 0 Å². The van der Waals surface area contributed by atoms with E-state index in [0.29, 0.717) is 29.1 Å². The van der Waals surface area contributed by atoms with E-state index in [0.717, 1.165) is 63.3 Å². The van der Waals surface area contributed by atoms with E-state index in [2.05, 4.69) is 25.8 Å². The van der Waals surface area contributed by atoms with Gasteiger partial charge in [0.1, 0.15) is 5.52 Å². The molecule has 0 N–H and O–H groups in total. The Bertz CT molecular complexity index is 1360. The average Bonchev–Trinajstić information content (AvgIpc) is 3.64. The van der Waals surface area contributed by atoms with Gasteiger partial charge in [-0.15, -0.1) is 0 Å². The second-order valence-electron chi connectivity index (χ2n) is 13.7. The summed E-state index contributed by atoms with van der Waals surface area (Å²) < 4.78 is 12.3. The Morgan fingerprint density at radius 3 is 2.61 bits per heavy atom. The first kappa shape index (κ1) is 28.7. The fourth-order valence-corrected chi connectivity index (χ4v) is 9.67. The predicted molar refractivity (Wildman–Crippen MR) is 159 cm³/mol. The third-order valence-electron chi connectivity index (χ3n) is 11.9. The first-order valence-corrected chi connectivity index (χ1v) is 16.5. The minimum atomic E-state index is -1.25. The lowest BCUT2D eigenvalue weighted by molar-refractivity contribution is -0.199. The number of esters is 1. The minimum absolute atomic E-state index is 0.0379. The van der Waals surface area contributed by atoms with E-state index in [1.807, 2.05) is 37.3 Å². The molecule has 0 radical (unpaired) electrons. The number of aromatic nitrogens is 1. The summed E-state index contributed by atoms with van der Waals surface area (Å²) in [7, 11) is 0. The lowest BCUT2D eigenvalue weighted by Crippen LogP contribution is -2.62. The van der Waals surface area contributed by atoms with Crippen molar-refractivity contribution in [1.29, 1.82) is 0 Å². The molecule has 6 atom stereocenters. The zero-order chi connectivity index (χ0) is 29.0. The predicted octanol–water partition coefficient (Wildman–Crippen LogP) is 7.74. The van der Waals surface area contributed by atoms with Crippen molar-refractivity contribution in [2.45, 2.75) is 103 Å². The van der Waals surface area contributed by atoms with Crippen molar-refractivity contribution in [1.82, 2.24) is 4.98 Å². The van der Waals surface area contributed by atoms with Gasteiger partial charge >= 0.3 is 5.97 Å². The standard InChI is InChI=1S/C34H43NO5S/c1-21-25-14-13-23-19-24(36)15-17-32(23,2)26(25)16-18-33(21,3)34(4,40-30(38)22-9-5-6-10-22)29(37)20-41-31-35-27-11-7-8-12-28(27)39-31/h7-8,11-12,19,21-22,25-26H,5-6,9-10,13-18,20H2,1-4H3/t21?,25?,26?,32?,33?,34-/m0/s1. The topological polar surface area (TPSA) is 86.5 Å². The Morgan fingerprint density at radius 1 is 1.10 bits per heavy atom. The molecular formula is C34H43NO5S. The smallest absolute Gasteiger partial charge is 0.309 e. The summed E-state index contributed by atoms with van der Waals surface area (Å²) in [6.07, 6.45) is 10.9. The third-order valence-corrected chi connectivity index (χ3v) is 12.7. The number of nitrogens with zero attached hydrogens (tertiary/aromatic N) is 1. The molecule has 0 saturated heterocycles. The molecule has 7 heteroatoms. The summed E-state index contributed by atoms with van der Waals surface area (Å²) in [5.41, 5.74) is 1.06. The van der Waals surface area contributed by atoms with Gasteiger partial charge in [-0.2, -0.15) is 0 Å². The van der Waals surface area contributed by atoms with Gasteiger partial charge in [0, 0.05) is 11.8 Å². The molecule has 1 aromatic carbocycles. The zero-order valence-corrected chi connectivity index (χ0v) is 25.7. The van der Waals surface area contributed by atoms with Gasteiger partial charge in [-0.1, -0.05) is 63.1 Å². The number of ether oxygens (including phenoxy) is 1. The maximum atomic E-state index is 14.3. The summed E-state index contributed by atoms with van der Waals surface area (Å²) in [4.78, 5) is 44.7. The van der Waals surface area contributed by atoms with Crippen molar-refractivity contribution in [2.75, 3.05) is 5.75 Å². The SMILES string of the molecule is CC1C2CCC3=CC(=O)CCC3(C)C2CCC1(C)[C@@](C)(OC(=O)C1CCCC1)C(=O)CSc1nc2ccccc2o1. The number of hydrogen-bond donors (Lipinski definition) is 0. The van der Waals surface area contributed by atoms with E-state index >= 15 is 0 Å². The Morgan fingerprint density at radius 2 is 1.85 bits per heavy atom. The van der Waals surface area contributed by atoms with Crippen molar-refractivity contribution in [3.05, 3.63) is 35.9 Å². The highest BCUT2D eigenvalue weighted by molar-refractivity contribution is 7.99. The van der Waals surface area contributed by atoms with Gasteiger partial charge in [0.05, 0.1) is 11.7 Å². The lowest BCUT2D eigenvalue weighted by atomic mass is 9.45. The molecule has 4 aliphatic carbocycles. The molecule has 4 aliphatic rings. The Kier molecular flexibility index (Phi) is 7.49. The normalized spacial score (nSPS) is 33.5. The highest BCUT2D eigenvalue weighted by atomic mass is 32.2. The van der Waals surface area contributed by atoms with Crippen LogP contribution in [0.25, 0.3) is 11.1 Å². The Balaban J connectivity index is 1.28. The van der Waals surface area contributed by atoms with Crippen LogP contribution in [0.5, 0.6) is 0 Å². The number of thioether (sulfide) groups is 1. The molecule has 6 rings (SSSR count). The summed E-state index contributed by atoms with van der Waals surface area (Å²) >= 11 is 1.28. The molecular weight excluding hydrogens is 534 g/mol. The summed E-state index contributed by atoms with van der Waals surface area (Å²) in [5, 5.41) is 0.456. The molecule has 3 saturated carbocycles. The largest absolute Gasteiger partial charge is 0.450 e. The Hall–Kier alpha value is -2.41. The summed E-state index contributed by atoms with van der Waals surface area (Å²) in [6, 6.07) is 7.59. The van der Waals surface area contributed by atoms with Crippen LogP contribution in [-0.2, 0) is 19.1 Å². The molecule has 41 heavy (non-hydrogen) atoms. The van der Waals surface area contributed by atoms with Crippen LogP contribution in [0.15, 0.2) is 45.6 Å². The van der Waals surface area contributed by atoms with E-state index < -0.39 is 11.0 Å². The first-order valence-electron chi connectivity index (χ1n) is 15.5. The van der Waals surface area contributed by atoms with Crippen LogP contribution in [0.1, 0.15) is 91.9 Å². The first-order chi connectivity index (χ1) is 19.5. The number of allylic oxidation sites excluding steroid dienone is 2. The van der Waals surface area contributed by atoms with Gasteiger partial charge in [-0.25, -0.2) is 4.98 Å². The number of rotatable bonds is 7. The quantitative estimate of drug-likeness (QED) is 0.246. The highest BCUT2D eigenvalue weighted by Crippen LogP contribution is 2.64. The molecule has 5 unspecified atom stereocenters. The van der Waals surface area contributed by atoms with Gasteiger partial charge < -0.3 is 9.15 Å². The monoisotopic (exact) mass is 577 g/mol. The highest BCUT2D eigenvalue weighted by Gasteiger charge is 2.62. The fraction of sp³-hybridized carbons (Fsp3) is 0.647. The number of ketones is 2. The fourth-order valence-electron chi connectivity index (χ4n) is 8.83. The molecule has 0 spiro atoms. The van der Waals surface area contributed by atoms with Crippen LogP contribution in [0.2, 0.25) is 0 Å². The van der Waals surface area contributed by atoms with Gasteiger partial charge in [0.25, 0.3) is 5.22 Å². The van der Waals surface area contributed by atoms with Crippen molar-refractivity contribution in [3.63, 3.8) is 0 Å². The lowest BCUT2D eigenvalue weighted by Gasteiger charge is -2.61. The van der Waals surface area contributed by atoms with Crippen LogP contribution in [0, 0.1) is 34.5 Å². The third kappa shape index (κ3) is 4.80. The van der Waals surface area contributed by atoms with Gasteiger partial charge in [-0.3, -0.25) is 14.4 Å². The summed E-state index contributed by atoms with van der Waals surface area (Å²) in [5.74, 6) is 1.04. The molecule has 1 aromatic heterocycles. The average molecular weight is 578 g/mol. The maximum Gasteiger partial charge on any atom is 0.309 e. The van der Waals surface area contributed by atoms with E-state index in [1.165, 1.54) is 17.3 Å². The number of carbonyl (C=O) groups is 3. The van der Waals surface area contributed by atoms with E-state index in [9.17, 15) is 14.4 Å². The molecule has 0 aliphatic heterocycles. The molecule has 1 heterocycles. The van der Waals surface area contributed by atoms with Crippen LogP contribution < -0.4 is 0 Å². The van der Waals surface area contributed by atoms with E-state index in [1.54, 1.807) is 0 Å². The number of fused-ring (bicyclic) bond motifs is 4. The van der Waals surface area contributed by atoms with Gasteiger partial charge in [-0.05, 0) is 93.2 Å². The number of carbonyl (C=O) groups excluding carboxylic acids is 3. The maximum absolute atomic E-state index is 14.3.